The molecule has 1 aromatic rings. The van der Waals surface area contributed by atoms with Crippen molar-refractivity contribution in [1.82, 2.24) is 4.90 Å². The van der Waals surface area contributed by atoms with Crippen LogP contribution < -0.4 is 0 Å². The summed E-state index contributed by atoms with van der Waals surface area (Å²) in [6.07, 6.45) is 5.21. The molecule has 0 amide bonds. The molecular formula is C17H26N2O2Si. The molecule has 0 fully saturated rings. The predicted octanol–water partition coefficient (Wildman–Crippen LogP) is 3.75. The number of hydrogen-bond donors (Lipinski definition) is 0. The van der Waals surface area contributed by atoms with Crippen LogP contribution >= 0.6 is 0 Å². The van der Waals surface area contributed by atoms with Crippen molar-refractivity contribution in [3.8, 4) is 0 Å². The van der Waals surface area contributed by atoms with Crippen LogP contribution in [0.5, 0.6) is 0 Å². The average Bonchev–Trinajstić information content (AvgIpc) is 2.44. The maximum atomic E-state index is 12.2. The Morgan fingerprint density at radius 2 is 1.73 bits per heavy atom. The first kappa shape index (κ1) is 18.2. The van der Waals surface area contributed by atoms with Gasteiger partial charge in [0.1, 0.15) is 6.04 Å². The summed E-state index contributed by atoms with van der Waals surface area (Å²) in [6.45, 7) is 14.8. The summed E-state index contributed by atoms with van der Waals surface area (Å²) in [5, 5.41) is 12.2. The Balaban J connectivity index is 3.12. The van der Waals surface area contributed by atoms with E-state index in [1.165, 1.54) is 0 Å². The van der Waals surface area contributed by atoms with E-state index in [0.29, 0.717) is 18.0 Å². The highest BCUT2D eigenvalue weighted by Gasteiger charge is 2.22. The molecule has 5 heteroatoms. The van der Waals surface area contributed by atoms with Gasteiger partial charge in [-0.1, -0.05) is 62.1 Å². The molecule has 1 unspecified atom stereocenters. The molecule has 0 N–H and O–H groups in total. The predicted molar refractivity (Wildman–Crippen MR) is 95.3 cm³/mol. The minimum absolute atomic E-state index is 0.189. The summed E-state index contributed by atoms with van der Waals surface area (Å²) >= 11 is 0. The normalized spacial score (nSPS) is 13.7. The van der Waals surface area contributed by atoms with Gasteiger partial charge in [-0.3, -0.25) is 10.1 Å². The van der Waals surface area contributed by atoms with Gasteiger partial charge in [0.15, 0.2) is 8.32 Å². The highest BCUT2D eigenvalue weighted by Crippen LogP contribution is 2.19. The van der Waals surface area contributed by atoms with Crippen LogP contribution in [0.2, 0.25) is 19.6 Å². The summed E-state index contributed by atoms with van der Waals surface area (Å²) in [6, 6.07) is 9.70. The fourth-order valence-corrected chi connectivity index (χ4v) is 2.69. The second-order valence-electron chi connectivity index (χ2n) is 6.02. The lowest BCUT2D eigenvalue weighted by atomic mass is 10.1. The van der Waals surface area contributed by atoms with Gasteiger partial charge >= 0.3 is 0 Å². The zero-order valence-corrected chi connectivity index (χ0v) is 14.7. The lowest BCUT2D eigenvalue weighted by molar-refractivity contribution is -0.701. The van der Waals surface area contributed by atoms with Gasteiger partial charge in [0.2, 0.25) is 6.21 Å². The van der Waals surface area contributed by atoms with E-state index in [9.17, 15) is 5.21 Å². The molecule has 0 spiro atoms. The van der Waals surface area contributed by atoms with Gasteiger partial charge in [-0.05, 0) is 5.56 Å². The maximum absolute atomic E-state index is 12.2. The van der Waals surface area contributed by atoms with Crippen LogP contribution in [-0.4, -0.2) is 37.4 Å². The molecule has 22 heavy (non-hydrogen) atoms. The van der Waals surface area contributed by atoms with E-state index in [-0.39, 0.29) is 6.04 Å². The van der Waals surface area contributed by atoms with E-state index in [0.717, 1.165) is 5.56 Å². The first-order valence-corrected chi connectivity index (χ1v) is 10.8. The summed E-state index contributed by atoms with van der Waals surface area (Å²) in [7, 11) is -1.94. The van der Waals surface area contributed by atoms with Crippen LogP contribution in [0.1, 0.15) is 11.6 Å². The lowest BCUT2D eigenvalue weighted by Gasteiger charge is -2.27. The van der Waals surface area contributed by atoms with Gasteiger partial charge in [-0.25, -0.2) is 0 Å². The number of nitrogens with zero attached hydrogens (tertiary/aromatic N) is 2. The molecular weight excluding hydrogens is 292 g/mol. The minimum Gasteiger partial charge on any atom is -0.444 e. The first-order valence-electron chi connectivity index (χ1n) is 7.38. The Labute approximate surface area is 134 Å². The summed E-state index contributed by atoms with van der Waals surface area (Å²) in [5.74, 6) is 0. The van der Waals surface area contributed by atoms with Crippen molar-refractivity contribution in [1.29, 1.82) is 0 Å². The Morgan fingerprint density at radius 1 is 1.18 bits per heavy atom. The summed E-state index contributed by atoms with van der Waals surface area (Å²) in [4.78, 5) is 2.72. The topological polar surface area (TPSA) is 38.5 Å². The van der Waals surface area contributed by atoms with Crippen molar-refractivity contribution in [3.05, 3.63) is 66.4 Å². The third-order valence-electron chi connectivity index (χ3n) is 2.89. The van der Waals surface area contributed by atoms with Crippen LogP contribution in [0.15, 0.2) is 55.6 Å². The second kappa shape index (κ2) is 8.56. The monoisotopic (exact) mass is 318 g/mol. The van der Waals surface area contributed by atoms with Crippen molar-refractivity contribution < 1.29 is 9.43 Å². The molecule has 120 valence electrons. The summed E-state index contributed by atoms with van der Waals surface area (Å²) in [5.41, 5.74) is 1.03. The van der Waals surface area contributed by atoms with Gasteiger partial charge in [0.25, 0.3) is 0 Å². The molecule has 0 aliphatic heterocycles. The third-order valence-corrected chi connectivity index (χ3v) is 3.62. The van der Waals surface area contributed by atoms with Crippen LogP contribution in [0.4, 0.5) is 0 Å². The third kappa shape index (κ3) is 6.28. The van der Waals surface area contributed by atoms with Crippen molar-refractivity contribution in [2.45, 2.75) is 25.7 Å². The molecule has 0 heterocycles. The van der Waals surface area contributed by atoms with E-state index in [1.54, 1.807) is 6.21 Å². The van der Waals surface area contributed by atoms with Gasteiger partial charge in [0.05, 0.1) is 0 Å². The van der Waals surface area contributed by atoms with E-state index >= 15 is 0 Å². The maximum Gasteiger partial charge on any atom is 0.230 e. The van der Waals surface area contributed by atoms with Crippen molar-refractivity contribution >= 4 is 14.5 Å². The quantitative estimate of drug-likeness (QED) is 0.229. The summed E-state index contributed by atoms with van der Waals surface area (Å²) < 4.78 is 5.48. The van der Waals surface area contributed by atoms with E-state index in [2.05, 4.69) is 18.1 Å². The Hall–Kier alpha value is -1.85. The van der Waals surface area contributed by atoms with Gasteiger partial charge in [0, 0.05) is 18.0 Å². The molecule has 0 aliphatic rings. The van der Waals surface area contributed by atoms with Crippen LogP contribution in [0.25, 0.3) is 0 Å². The molecule has 4 nitrogen and oxygen atoms in total. The molecule has 0 aromatic heterocycles. The molecule has 0 saturated carbocycles. The Bertz CT molecular complexity index is 499. The number of rotatable bonds is 9. The van der Waals surface area contributed by atoms with Crippen LogP contribution in [0, 0.1) is 5.21 Å². The van der Waals surface area contributed by atoms with Crippen LogP contribution in [-0.2, 0) is 4.53 Å². The van der Waals surface area contributed by atoms with E-state index < -0.39 is 8.32 Å². The van der Waals surface area contributed by atoms with Gasteiger partial charge in [-0.15, -0.1) is 13.2 Å². The van der Waals surface area contributed by atoms with Crippen molar-refractivity contribution in [3.63, 3.8) is 0 Å². The SMILES string of the molecule is C=CCN(CC=C)C(/C=[N+](\[O-])O[Si](C)(C)C)c1ccccc1. The highest BCUT2D eigenvalue weighted by molar-refractivity contribution is 6.69. The fourth-order valence-electron chi connectivity index (χ4n) is 2.09. The van der Waals surface area contributed by atoms with Crippen LogP contribution in [0.3, 0.4) is 0 Å². The minimum atomic E-state index is -1.94. The standard InChI is InChI=1S/C17H26N2O2Si/c1-6-13-18(14-7-2)17(16-11-9-8-10-12-16)15-19(20)21-22(3,4)5/h6-12,15,17H,1-2,13-14H2,3-5H3/b19-15+. The van der Waals surface area contributed by atoms with E-state index in [1.807, 2.05) is 62.1 Å². The lowest BCUT2D eigenvalue weighted by Crippen LogP contribution is -2.35. The molecule has 0 aliphatic carbocycles. The highest BCUT2D eigenvalue weighted by atomic mass is 28.4. The zero-order chi connectivity index (χ0) is 16.6. The Morgan fingerprint density at radius 3 is 2.18 bits per heavy atom. The average molecular weight is 318 g/mol. The van der Waals surface area contributed by atoms with Crippen molar-refractivity contribution in [2.75, 3.05) is 13.1 Å². The Kier molecular flexibility index (Phi) is 7.08. The van der Waals surface area contributed by atoms with Gasteiger partial charge in [-0.2, -0.15) is 0 Å². The zero-order valence-electron chi connectivity index (χ0n) is 13.7. The molecule has 0 radical (unpaired) electrons. The number of hydrogen-bond acceptors (Lipinski definition) is 3. The molecule has 0 bridgehead atoms. The molecule has 1 aromatic carbocycles. The fraction of sp³-hybridized carbons (Fsp3) is 0.353. The number of benzene rings is 1. The largest absolute Gasteiger partial charge is 0.444 e. The first-order chi connectivity index (χ1) is 10.4. The smallest absolute Gasteiger partial charge is 0.230 e. The molecule has 0 saturated heterocycles. The molecule has 1 atom stereocenters. The second-order valence-corrected chi connectivity index (χ2v) is 10.4. The van der Waals surface area contributed by atoms with E-state index in [4.69, 9.17) is 4.53 Å². The van der Waals surface area contributed by atoms with Crippen molar-refractivity contribution in [2.24, 2.45) is 0 Å². The van der Waals surface area contributed by atoms with Gasteiger partial charge < -0.3 is 4.53 Å². The molecule has 1 rings (SSSR count).